The van der Waals surface area contributed by atoms with Crippen LogP contribution in [0.15, 0.2) is 54.6 Å². The molecule has 0 spiro atoms. The number of aromatic hydroxyl groups is 20. The fraction of sp³-hybridized carbons (Fsp3) is 0.197. The van der Waals surface area contributed by atoms with Crippen molar-refractivity contribution in [1.29, 1.82) is 0 Å². The molecule has 0 unspecified atom stereocenters. The average Bonchev–Trinajstić information content (AvgIpc) is 1.66. The van der Waals surface area contributed by atoms with Gasteiger partial charge in [-0.1, -0.05) is 0 Å². The van der Waals surface area contributed by atoms with Gasteiger partial charge in [0.2, 0.25) is 34.5 Å². The molecule has 10 atom stereocenters. The third-order valence-electron chi connectivity index (χ3n) is 15.8. The molecule has 0 saturated carbocycles. The standard InChI is InChI=1S/C61H46O40/c62-19-1-12(2-20(63)34(19)70)53(83)99-50-46(82)60(90)95-28-10-93-56(86)17-9-27(40(76)44(80)33(17)32-16(57(87)97-48(28)50)7-25(68)38(74)43(32)79)94-47-18(8-26(69)39(75)45(47)81)59(89)101-52-51(100-54(84)13-3-21(64)35(71)22(65)4-13)49-29(96-61(52)91)11-92-55(85)14-5-23(66)36(72)41(77)30(14)31-15(58(88)98-49)6-24(67)37(73)42(31)78/h1-9,28-29,46,48-52,60-82,90-91H,10-11H2/t28-,29-,46-,48-,49-,50-,51+,52-,60-,61-/m1/s1. The number of hydrogen-bond donors (Lipinski definition) is 23. The number of carbonyl (C=O) groups excluding carboxylic acids is 7. The summed E-state index contributed by atoms with van der Waals surface area (Å²) in [6.07, 6.45) is -24.9. The van der Waals surface area contributed by atoms with Crippen molar-refractivity contribution in [2.24, 2.45) is 0 Å². The Morgan fingerprint density at radius 3 is 1.12 bits per heavy atom. The number of aliphatic hydroxyl groups is 3. The zero-order valence-corrected chi connectivity index (χ0v) is 49.6. The second-order valence-corrected chi connectivity index (χ2v) is 22.0. The number of esters is 7. The van der Waals surface area contributed by atoms with Crippen molar-refractivity contribution in [3.63, 3.8) is 0 Å². The third-order valence-corrected chi connectivity index (χ3v) is 15.8. The van der Waals surface area contributed by atoms with Crippen LogP contribution in [0.4, 0.5) is 0 Å². The average molecular weight is 1420 g/mol. The molecule has 7 aromatic carbocycles. The Bertz CT molecular complexity index is 4680. The summed E-state index contributed by atoms with van der Waals surface area (Å²) in [5, 5.41) is 249. The first-order valence-corrected chi connectivity index (χ1v) is 28.1. The molecular formula is C61H46O40. The van der Waals surface area contributed by atoms with Gasteiger partial charge < -0.3 is 165 Å². The topological polar surface area (TPSA) is 677 Å². The Kier molecular flexibility index (Phi) is 17.3. The van der Waals surface area contributed by atoms with E-state index in [9.17, 15) is 151 Å². The van der Waals surface area contributed by atoms with E-state index in [2.05, 4.69) is 0 Å². The van der Waals surface area contributed by atoms with Gasteiger partial charge in [-0.3, -0.25) is 0 Å². The Morgan fingerprint density at radius 1 is 0.347 bits per heavy atom. The molecule has 40 heteroatoms. The summed E-state index contributed by atoms with van der Waals surface area (Å²) in [6, 6.07) is 3.58. The lowest BCUT2D eigenvalue weighted by molar-refractivity contribution is -0.285. The van der Waals surface area contributed by atoms with Gasteiger partial charge in [0.05, 0.1) is 33.4 Å². The van der Waals surface area contributed by atoms with Crippen LogP contribution in [-0.2, 0) is 42.6 Å². The molecule has 530 valence electrons. The Balaban J connectivity index is 0.996. The van der Waals surface area contributed by atoms with Gasteiger partial charge in [0.25, 0.3) is 0 Å². The van der Waals surface area contributed by atoms with E-state index in [-0.39, 0.29) is 6.07 Å². The highest BCUT2D eigenvalue weighted by Crippen LogP contribution is 2.57. The smallest absolute Gasteiger partial charge is 0.342 e. The molecule has 101 heavy (non-hydrogen) atoms. The number of cyclic esters (lactones) is 2. The molecule has 40 nitrogen and oxygen atoms in total. The Hall–Kier alpha value is -13.6. The zero-order valence-electron chi connectivity index (χ0n) is 49.6. The van der Waals surface area contributed by atoms with Crippen LogP contribution >= 0.6 is 0 Å². The van der Waals surface area contributed by atoms with Crippen molar-refractivity contribution < 1.29 is 198 Å². The molecule has 0 aliphatic carbocycles. The first kappa shape index (κ1) is 68.8. The Morgan fingerprint density at radius 2 is 0.683 bits per heavy atom. The molecule has 0 amide bonds. The van der Waals surface area contributed by atoms with Crippen LogP contribution in [-0.4, -0.2) is 234 Å². The van der Waals surface area contributed by atoms with Crippen molar-refractivity contribution >= 4 is 41.8 Å². The number of hydrogen-bond acceptors (Lipinski definition) is 40. The highest BCUT2D eigenvalue weighted by molar-refractivity contribution is 6.10. The van der Waals surface area contributed by atoms with Crippen LogP contribution in [0.2, 0.25) is 0 Å². The van der Waals surface area contributed by atoms with Crippen molar-refractivity contribution in [2.75, 3.05) is 13.2 Å². The normalized spacial score (nSPS) is 21.8. The van der Waals surface area contributed by atoms with E-state index in [1.807, 2.05) is 0 Å². The lowest BCUT2D eigenvalue weighted by Gasteiger charge is -2.42. The quantitative estimate of drug-likeness (QED) is 0.0568. The summed E-state index contributed by atoms with van der Waals surface area (Å²) in [6.45, 7) is -2.65. The van der Waals surface area contributed by atoms with E-state index in [4.69, 9.17) is 47.4 Å². The third kappa shape index (κ3) is 11.8. The van der Waals surface area contributed by atoms with Crippen LogP contribution in [0.3, 0.4) is 0 Å². The highest BCUT2D eigenvalue weighted by atomic mass is 16.7. The molecule has 4 aliphatic rings. The molecule has 2 saturated heterocycles. The van der Waals surface area contributed by atoms with Gasteiger partial charge in [-0.2, -0.15) is 0 Å². The zero-order chi connectivity index (χ0) is 73.7. The maximum absolute atomic E-state index is 14.8. The molecule has 0 bridgehead atoms. The molecule has 4 aliphatic heterocycles. The minimum atomic E-state index is -2.84. The van der Waals surface area contributed by atoms with Gasteiger partial charge in [0, 0.05) is 34.4 Å². The predicted octanol–water partition coefficient (Wildman–Crippen LogP) is 0.789. The molecule has 4 heterocycles. The minimum absolute atomic E-state index is 0.190. The Labute approximate surface area is 555 Å². The van der Waals surface area contributed by atoms with E-state index in [0.29, 0.717) is 48.5 Å². The van der Waals surface area contributed by atoms with Gasteiger partial charge in [0.1, 0.15) is 37.1 Å². The highest BCUT2D eigenvalue weighted by Gasteiger charge is 2.55. The predicted molar refractivity (Wildman–Crippen MR) is 311 cm³/mol. The fourth-order valence-electron chi connectivity index (χ4n) is 10.9. The first-order chi connectivity index (χ1) is 47.5. The van der Waals surface area contributed by atoms with Gasteiger partial charge >= 0.3 is 41.8 Å². The van der Waals surface area contributed by atoms with Crippen LogP contribution in [0, 0.1) is 0 Å². The lowest BCUT2D eigenvalue weighted by Crippen LogP contribution is -2.62. The lowest BCUT2D eigenvalue weighted by atomic mass is 9.91. The number of carbonyl (C=O) groups is 7. The number of benzene rings is 7. The van der Waals surface area contributed by atoms with E-state index < -0.39 is 304 Å². The number of phenols is 20. The summed E-state index contributed by atoms with van der Waals surface area (Å²) in [5.41, 5.74) is -12.7. The van der Waals surface area contributed by atoms with Crippen LogP contribution < -0.4 is 4.74 Å². The summed E-state index contributed by atoms with van der Waals surface area (Å²) in [5.74, 6) is -44.1. The minimum Gasteiger partial charge on any atom is -0.504 e. The first-order valence-electron chi connectivity index (χ1n) is 28.1. The summed E-state index contributed by atoms with van der Waals surface area (Å²) in [7, 11) is 0. The van der Waals surface area contributed by atoms with Gasteiger partial charge in [-0.15, -0.1) is 0 Å². The summed E-state index contributed by atoms with van der Waals surface area (Å²) in [4.78, 5) is 100. The number of ether oxygens (including phenoxy) is 10. The van der Waals surface area contributed by atoms with E-state index in [0.717, 1.165) is 0 Å². The summed E-state index contributed by atoms with van der Waals surface area (Å²) < 4.78 is 54.8. The van der Waals surface area contributed by atoms with Crippen molar-refractivity contribution in [3.05, 3.63) is 93.5 Å². The van der Waals surface area contributed by atoms with Crippen LogP contribution in [0.25, 0.3) is 22.3 Å². The molecule has 0 radical (unpaired) electrons. The van der Waals surface area contributed by atoms with Crippen molar-refractivity contribution in [1.82, 2.24) is 0 Å². The van der Waals surface area contributed by atoms with Crippen molar-refractivity contribution in [3.8, 4) is 149 Å². The maximum atomic E-state index is 14.8. The summed E-state index contributed by atoms with van der Waals surface area (Å²) >= 11 is 0. The van der Waals surface area contributed by atoms with E-state index in [1.54, 1.807) is 0 Å². The second kappa shape index (κ2) is 25.5. The fourth-order valence-corrected chi connectivity index (χ4v) is 10.9. The molecule has 0 aromatic heterocycles. The molecule has 7 aromatic rings. The van der Waals surface area contributed by atoms with E-state index in [1.165, 1.54) is 0 Å². The van der Waals surface area contributed by atoms with E-state index >= 15 is 0 Å². The second-order valence-electron chi connectivity index (χ2n) is 22.0. The molecule has 23 N–H and O–H groups in total. The SMILES string of the molecule is O=C(O[C@@H]1[C@@H](OC(=O)c2cc(O)c(O)c(O)c2Oc2cc3c(c(O)c2O)-c2c(cc(O)c(O)c2O)C(=O)O[C@H]2[C@H](OC(=O)c4cc(O)c(O)c(O)c4)[C@@H](O)[C@H](O)O[C@@H]2COC3=O)[C@H](O)O[C@@H]2COC(=O)c3cc(O)c(O)c(O)c3-c3c(cc(O)c(O)c3O)C(=O)O[C@@H]12)c1cc(O)c(O)c(O)c1. The largest absolute Gasteiger partial charge is 0.504 e. The molecule has 11 rings (SSSR count). The maximum Gasteiger partial charge on any atom is 0.342 e. The number of aliphatic hydroxyl groups excluding tert-OH is 3. The number of fused-ring (bicyclic) bond motifs is 8. The van der Waals surface area contributed by atoms with Crippen LogP contribution in [0.5, 0.6) is 126 Å². The molecule has 2 fully saturated rings. The number of phenolic OH excluding ortho intramolecular Hbond substituents is 20. The van der Waals surface area contributed by atoms with Crippen molar-refractivity contribution in [2.45, 2.75) is 61.4 Å². The van der Waals surface area contributed by atoms with Gasteiger partial charge in [-0.05, 0) is 42.5 Å². The van der Waals surface area contributed by atoms with Gasteiger partial charge in [-0.25, -0.2) is 33.6 Å². The monoisotopic (exact) mass is 1420 g/mol. The number of rotatable bonds is 8. The molecular weight excluding hydrogens is 1370 g/mol. The van der Waals surface area contributed by atoms with Gasteiger partial charge in [0.15, 0.2) is 135 Å². The van der Waals surface area contributed by atoms with Crippen LogP contribution in [0.1, 0.15) is 72.5 Å².